The zero-order valence-electron chi connectivity index (χ0n) is 18.8. The molecule has 1 aliphatic heterocycles. The van der Waals surface area contributed by atoms with Crippen molar-refractivity contribution in [3.05, 3.63) is 34.9 Å². The highest BCUT2D eigenvalue weighted by atomic mass is 35.5. The van der Waals surface area contributed by atoms with E-state index in [0.717, 1.165) is 56.6 Å². The smallest absolute Gasteiger partial charge is 0.191 e. The highest BCUT2D eigenvalue weighted by Gasteiger charge is 2.30. The molecule has 0 bridgehead atoms. The number of rotatable bonds is 12. The van der Waals surface area contributed by atoms with Crippen molar-refractivity contribution in [1.29, 1.82) is 0 Å². The number of benzene rings is 1. The van der Waals surface area contributed by atoms with Gasteiger partial charge in [0.15, 0.2) is 5.96 Å². The van der Waals surface area contributed by atoms with Gasteiger partial charge in [0.25, 0.3) is 0 Å². The topological polar surface area (TPSA) is 58.1 Å². The molecule has 1 fully saturated rings. The van der Waals surface area contributed by atoms with Gasteiger partial charge in [0, 0.05) is 44.4 Å². The molecule has 170 valence electrons. The number of unbranched alkanes of at least 4 members (excludes halogenated alkanes) is 1. The summed E-state index contributed by atoms with van der Waals surface area (Å²) in [6.07, 6.45) is 4.47. The van der Waals surface area contributed by atoms with E-state index in [0.29, 0.717) is 25.2 Å². The second kappa shape index (κ2) is 14.6. The number of hydrogen-bond acceptors (Lipinski definition) is 4. The lowest BCUT2D eigenvalue weighted by atomic mass is 9.85. The molecule has 30 heavy (non-hydrogen) atoms. The van der Waals surface area contributed by atoms with Crippen LogP contribution in [0.1, 0.15) is 44.2 Å². The van der Waals surface area contributed by atoms with E-state index in [2.05, 4.69) is 41.6 Å². The van der Waals surface area contributed by atoms with Crippen LogP contribution in [-0.4, -0.2) is 71.0 Å². The predicted octanol–water partition coefficient (Wildman–Crippen LogP) is 3.72. The number of nitrogens with zero attached hydrogens (tertiary/aromatic N) is 2. The summed E-state index contributed by atoms with van der Waals surface area (Å²) in [5, 5.41) is 7.63. The summed E-state index contributed by atoms with van der Waals surface area (Å²) < 4.78 is 10.5. The maximum absolute atomic E-state index is 6.27. The standard InChI is InChI=1S/C23H39ClN4O2/c1-4-25-23(26-12-5-6-14-30-16-15-29-3)27-18-20-10-8-13-28(2)22(20)19-9-7-11-21(24)17-19/h7,9,11,17,20,22H,4-6,8,10,12-16,18H2,1-3H3,(H2,25,26,27). The van der Waals surface area contributed by atoms with Gasteiger partial charge in [-0.2, -0.15) is 0 Å². The van der Waals surface area contributed by atoms with Crippen LogP contribution in [0, 0.1) is 5.92 Å². The van der Waals surface area contributed by atoms with Crippen LogP contribution in [0.5, 0.6) is 0 Å². The molecule has 0 radical (unpaired) electrons. The monoisotopic (exact) mass is 438 g/mol. The zero-order valence-corrected chi connectivity index (χ0v) is 19.6. The fraction of sp³-hybridized carbons (Fsp3) is 0.696. The number of likely N-dealkylation sites (tertiary alicyclic amines) is 1. The molecule has 0 aliphatic carbocycles. The molecule has 0 amide bonds. The van der Waals surface area contributed by atoms with Gasteiger partial charge in [0.1, 0.15) is 0 Å². The highest BCUT2D eigenvalue weighted by Crippen LogP contribution is 2.36. The average Bonchev–Trinajstić information content (AvgIpc) is 2.73. The van der Waals surface area contributed by atoms with Crippen molar-refractivity contribution in [3.8, 4) is 0 Å². The van der Waals surface area contributed by atoms with Gasteiger partial charge in [-0.25, -0.2) is 0 Å². The van der Waals surface area contributed by atoms with Gasteiger partial charge in [-0.05, 0) is 69.8 Å². The molecule has 1 saturated heterocycles. The van der Waals surface area contributed by atoms with Crippen molar-refractivity contribution in [1.82, 2.24) is 15.5 Å². The largest absolute Gasteiger partial charge is 0.382 e. The average molecular weight is 439 g/mol. The van der Waals surface area contributed by atoms with Gasteiger partial charge in [-0.1, -0.05) is 23.7 Å². The van der Waals surface area contributed by atoms with Crippen molar-refractivity contribution in [3.63, 3.8) is 0 Å². The van der Waals surface area contributed by atoms with Gasteiger partial charge in [0.2, 0.25) is 0 Å². The second-order valence-corrected chi connectivity index (χ2v) is 8.28. The van der Waals surface area contributed by atoms with Crippen LogP contribution in [0.15, 0.2) is 29.3 Å². The number of nitrogens with one attached hydrogen (secondary N) is 2. The number of aliphatic imine (C=N–C) groups is 1. The predicted molar refractivity (Wildman–Crippen MR) is 125 cm³/mol. The molecule has 6 nitrogen and oxygen atoms in total. The first kappa shape index (κ1) is 24.9. The molecule has 1 aromatic carbocycles. The Hall–Kier alpha value is -1.34. The van der Waals surface area contributed by atoms with Crippen LogP contribution in [0.2, 0.25) is 5.02 Å². The molecular formula is C23H39ClN4O2. The molecule has 0 aromatic heterocycles. The van der Waals surface area contributed by atoms with Crippen molar-refractivity contribution >= 4 is 17.6 Å². The van der Waals surface area contributed by atoms with Gasteiger partial charge in [-0.15, -0.1) is 0 Å². The van der Waals surface area contributed by atoms with Crippen LogP contribution in [-0.2, 0) is 9.47 Å². The van der Waals surface area contributed by atoms with E-state index in [1.54, 1.807) is 7.11 Å². The van der Waals surface area contributed by atoms with Crippen LogP contribution in [0.25, 0.3) is 0 Å². The number of guanidine groups is 1. The van der Waals surface area contributed by atoms with E-state index >= 15 is 0 Å². The Labute approximate surface area is 187 Å². The number of halogens is 1. The zero-order chi connectivity index (χ0) is 21.6. The lowest BCUT2D eigenvalue weighted by Gasteiger charge is -2.39. The van der Waals surface area contributed by atoms with Crippen LogP contribution >= 0.6 is 11.6 Å². The Morgan fingerprint density at radius 2 is 2.10 bits per heavy atom. The lowest BCUT2D eigenvalue weighted by molar-refractivity contribution is 0.0689. The lowest BCUT2D eigenvalue weighted by Crippen LogP contribution is -2.40. The number of hydrogen-bond donors (Lipinski definition) is 2. The maximum atomic E-state index is 6.27. The van der Waals surface area contributed by atoms with Crippen molar-refractivity contribution in [2.75, 3.05) is 60.2 Å². The summed E-state index contributed by atoms with van der Waals surface area (Å²) in [6, 6.07) is 8.63. The molecule has 1 aromatic rings. The molecule has 2 atom stereocenters. The Kier molecular flexibility index (Phi) is 12.2. The van der Waals surface area contributed by atoms with Crippen molar-refractivity contribution in [2.45, 2.75) is 38.6 Å². The van der Waals surface area contributed by atoms with Gasteiger partial charge in [0.05, 0.1) is 13.2 Å². The Morgan fingerprint density at radius 1 is 1.23 bits per heavy atom. The highest BCUT2D eigenvalue weighted by molar-refractivity contribution is 6.30. The summed E-state index contributed by atoms with van der Waals surface area (Å²) in [5.74, 6) is 1.38. The van der Waals surface area contributed by atoms with Crippen molar-refractivity contribution < 1.29 is 9.47 Å². The van der Waals surface area contributed by atoms with E-state index in [9.17, 15) is 0 Å². The first-order valence-electron chi connectivity index (χ1n) is 11.2. The number of piperidine rings is 1. The number of ether oxygens (including phenoxy) is 2. The molecule has 1 aliphatic rings. The normalized spacial score (nSPS) is 20.3. The molecule has 7 heteroatoms. The Morgan fingerprint density at radius 3 is 2.87 bits per heavy atom. The van der Waals surface area contributed by atoms with Crippen LogP contribution < -0.4 is 10.6 Å². The minimum atomic E-state index is 0.355. The summed E-state index contributed by atoms with van der Waals surface area (Å²) in [4.78, 5) is 7.36. The number of methoxy groups -OCH3 is 1. The fourth-order valence-electron chi connectivity index (χ4n) is 4.00. The summed E-state index contributed by atoms with van der Waals surface area (Å²) >= 11 is 6.27. The third-order valence-corrected chi connectivity index (χ3v) is 5.70. The van der Waals surface area contributed by atoms with Crippen molar-refractivity contribution in [2.24, 2.45) is 10.9 Å². The van der Waals surface area contributed by atoms with Gasteiger partial charge in [-0.3, -0.25) is 9.89 Å². The minimum absolute atomic E-state index is 0.355. The maximum Gasteiger partial charge on any atom is 0.191 e. The van der Waals surface area contributed by atoms with Gasteiger partial charge < -0.3 is 20.1 Å². The third-order valence-electron chi connectivity index (χ3n) is 5.47. The quantitative estimate of drug-likeness (QED) is 0.296. The van der Waals surface area contributed by atoms with E-state index in [4.69, 9.17) is 26.1 Å². The van der Waals surface area contributed by atoms with E-state index in [1.807, 2.05) is 12.1 Å². The molecule has 2 N–H and O–H groups in total. The van der Waals surface area contributed by atoms with Crippen LogP contribution in [0.4, 0.5) is 0 Å². The Bertz CT molecular complexity index is 629. The molecule has 2 unspecified atom stereocenters. The second-order valence-electron chi connectivity index (χ2n) is 7.84. The minimum Gasteiger partial charge on any atom is -0.382 e. The molecule has 0 spiro atoms. The first-order valence-corrected chi connectivity index (χ1v) is 11.6. The summed E-state index contributed by atoms with van der Waals surface area (Å²) in [5.41, 5.74) is 1.29. The first-order chi connectivity index (χ1) is 14.7. The van der Waals surface area contributed by atoms with Crippen LogP contribution in [0.3, 0.4) is 0 Å². The van der Waals surface area contributed by atoms with E-state index < -0.39 is 0 Å². The summed E-state index contributed by atoms with van der Waals surface area (Å²) in [6.45, 7) is 7.85. The molecule has 2 rings (SSSR count). The summed E-state index contributed by atoms with van der Waals surface area (Å²) in [7, 11) is 3.90. The molecular weight excluding hydrogens is 400 g/mol. The fourth-order valence-corrected chi connectivity index (χ4v) is 4.20. The SMILES string of the molecule is CCNC(=NCC1CCCN(C)C1c1cccc(Cl)c1)NCCCCOCCOC. The third kappa shape index (κ3) is 8.80. The molecule has 1 heterocycles. The molecule has 0 saturated carbocycles. The Balaban J connectivity index is 1.86. The van der Waals surface area contributed by atoms with Gasteiger partial charge >= 0.3 is 0 Å². The van der Waals surface area contributed by atoms with E-state index in [-0.39, 0.29) is 0 Å². The van der Waals surface area contributed by atoms with E-state index in [1.165, 1.54) is 18.4 Å².